The molecule has 0 saturated heterocycles. The summed E-state index contributed by atoms with van der Waals surface area (Å²) in [5.74, 6) is -1.58. The molecule has 2 aromatic carbocycles. The predicted octanol–water partition coefficient (Wildman–Crippen LogP) is -1.05. The quantitative estimate of drug-likeness (QED) is 0.186. The molecule has 0 aliphatic carbocycles. The molecule has 0 radical (unpaired) electrons. The molecule has 2 amide bonds. The zero-order valence-electron chi connectivity index (χ0n) is 20.4. The van der Waals surface area contributed by atoms with E-state index in [9.17, 15) is 23.4 Å². The molecule has 3 N–H and O–H groups in total. The largest absolute Gasteiger partial charge is 1.00 e. The number of hydrogen-bond acceptors (Lipinski definition) is 8. The van der Waals surface area contributed by atoms with Gasteiger partial charge in [-0.1, -0.05) is 23.8 Å². The second-order valence-electron chi connectivity index (χ2n) is 7.95. The first-order valence-electron chi connectivity index (χ1n) is 10.8. The van der Waals surface area contributed by atoms with Crippen LogP contribution < -0.4 is 33.6 Å². The molecule has 1 aliphatic heterocycles. The standard InChI is InChI=1S/C24H21N5O7S.Li/c1-14-6-15(2-4-17(14)24(33)34)10-28-37(35,13-30)22-8-19(26-12-27-22)23(32)25-9-16-3-5-20-18(7-16)29-21(31)11-36-20;/h2-8,12H,9-11H2,1H3,(H4,25,28,29,31,32,33,34,35);/q;+1/p-1. The van der Waals surface area contributed by atoms with Crippen LogP contribution in [0.15, 0.2) is 53.8 Å². The number of hydrogen-bond donors (Lipinski definition) is 3. The van der Waals surface area contributed by atoms with Crippen molar-refractivity contribution in [3.63, 3.8) is 0 Å². The molecule has 0 fully saturated rings. The first kappa shape index (κ1) is 28.6. The van der Waals surface area contributed by atoms with Crippen LogP contribution in [0.3, 0.4) is 0 Å². The Kier molecular flexibility index (Phi) is 9.06. The van der Waals surface area contributed by atoms with E-state index in [1.54, 1.807) is 31.2 Å². The van der Waals surface area contributed by atoms with Crippen molar-refractivity contribution in [2.75, 3.05) is 11.9 Å². The fourth-order valence-electron chi connectivity index (χ4n) is 3.49. The predicted molar refractivity (Wildman–Crippen MR) is 131 cm³/mol. The molecule has 190 valence electrons. The molecule has 0 spiro atoms. The maximum atomic E-state index is 13.2. The molecule has 38 heavy (non-hydrogen) atoms. The van der Waals surface area contributed by atoms with E-state index in [1.165, 1.54) is 17.4 Å². The molecular weight excluding hydrogens is 509 g/mol. The summed E-state index contributed by atoms with van der Waals surface area (Å²) in [6, 6.07) is 10.6. The van der Waals surface area contributed by atoms with E-state index in [-0.39, 0.29) is 60.7 Å². The molecular formula is C24H20LiN5O7S. The van der Waals surface area contributed by atoms with Gasteiger partial charge in [-0.05, 0) is 36.2 Å². The summed E-state index contributed by atoms with van der Waals surface area (Å²) in [5.41, 5.74) is 2.13. The van der Waals surface area contributed by atoms with Crippen LogP contribution in [0.25, 0.3) is 5.32 Å². The molecule has 1 atom stereocenters. The number of nitrogens with one attached hydrogen (secondary N) is 2. The van der Waals surface area contributed by atoms with Gasteiger partial charge >= 0.3 is 24.8 Å². The van der Waals surface area contributed by atoms with Gasteiger partial charge in [0.2, 0.25) is 5.23 Å². The number of ether oxygens (including phenoxy) is 1. The van der Waals surface area contributed by atoms with Gasteiger partial charge in [0.25, 0.3) is 5.91 Å². The minimum Gasteiger partial charge on any atom is -0.644 e. The van der Waals surface area contributed by atoms with Crippen molar-refractivity contribution in [3.8, 4) is 5.75 Å². The van der Waals surface area contributed by atoms with E-state index in [0.717, 1.165) is 12.4 Å². The molecule has 1 aliphatic rings. The molecule has 12 nitrogen and oxygen atoms in total. The Balaban J connectivity index is 0.00000400. The van der Waals surface area contributed by atoms with Crippen LogP contribution >= 0.6 is 0 Å². The number of anilines is 1. The smallest absolute Gasteiger partial charge is 0.644 e. The molecule has 1 aromatic heterocycles. The van der Waals surface area contributed by atoms with Crippen molar-refractivity contribution in [2.24, 2.45) is 0 Å². The van der Waals surface area contributed by atoms with E-state index in [0.29, 0.717) is 28.1 Å². The van der Waals surface area contributed by atoms with E-state index < -0.39 is 21.6 Å². The van der Waals surface area contributed by atoms with Crippen LogP contribution in [0.5, 0.6) is 5.75 Å². The summed E-state index contributed by atoms with van der Waals surface area (Å²) in [5, 5.41) is 17.0. The Morgan fingerprint density at radius 2 is 1.95 bits per heavy atom. The van der Waals surface area contributed by atoms with Gasteiger partial charge in [0.15, 0.2) is 16.3 Å². The number of amides is 2. The third-order valence-electron chi connectivity index (χ3n) is 5.36. The number of carboxylic acids is 1. The number of carbonyl (C=O) groups excluding carboxylic acids is 3. The van der Waals surface area contributed by atoms with Gasteiger partial charge in [-0.3, -0.25) is 4.79 Å². The van der Waals surface area contributed by atoms with Crippen LogP contribution in [0.1, 0.15) is 37.5 Å². The zero-order chi connectivity index (χ0) is 26.6. The number of aryl methyl sites for hydroxylation is 1. The number of aromatic carboxylic acids is 1. The second-order valence-corrected chi connectivity index (χ2v) is 9.93. The molecule has 0 saturated carbocycles. The number of nitrogens with zero attached hydrogens (tertiary/aromatic N) is 3. The average Bonchev–Trinajstić information content (AvgIpc) is 2.90. The summed E-state index contributed by atoms with van der Waals surface area (Å²) >= 11 is 0. The SMILES string of the molecule is Cc1cc(CNS(=O)(=C=O)c2cc(C(=O)[N-]Cc3ccc4c(c3)NC(=O)CO4)ncn2)ccc1C(=O)O.[Li+]. The van der Waals surface area contributed by atoms with E-state index >= 15 is 0 Å². The third kappa shape index (κ3) is 6.47. The zero-order valence-corrected chi connectivity index (χ0v) is 21.2. The first-order valence-corrected chi connectivity index (χ1v) is 12.3. The minimum absolute atomic E-state index is 0. The molecule has 14 heteroatoms. The fraction of sp³-hybridized carbons (Fsp3) is 0.167. The topological polar surface area (TPSA) is 179 Å². The van der Waals surface area contributed by atoms with Gasteiger partial charge in [-0.25, -0.2) is 28.5 Å². The van der Waals surface area contributed by atoms with Gasteiger partial charge < -0.3 is 25.3 Å². The van der Waals surface area contributed by atoms with E-state index in [4.69, 9.17) is 9.84 Å². The maximum Gasteiger partial charge on any atom is 1.00 e. The Labute approximate surface area is 229 Å². The number of carbonyl (C=O) groups is 3. The van der Waals surface area contributed by atoms with Gasteiger partial charge in [-0.15, -0.1) is 6.54 Å². The summed E-state index contributed by atoms with van der Waals surface area (Å²) < 4.78 is 21.1. The molecule has 2 heterocycles. The van der Waals surface area contributed by atoms with E-state index in [2.05, 4.69) is 25.3 Å². The number of aromatic nitrogens is 2. The normalized spacial score (nSPS) is 13.4. The summed E-state index contributed by atoms with van der Waals surface area (Å²) in [6.45, 7) is 1.47. The van der Waals surface area contributed by atoms with Crippen LogP contribution in [0.2, 0.25) is 0 Å². The van der Waals surface area contributed by atoms with Crippen molar-refractivity contribution in [2.45, 2.75) is 25.0 Å². The van der Waals surface area contributed by atoms with Crippen molar-refractivity contribution < 1.29 is 52.1 Å². The van der Waals surface area contributed by atoms with Crippen molar-refractivity contribution in [1.82, 2.24) is 14.7 Å². The molecule has 4 rings (SSSR count). The van der Waals surface area contributed by atoms with Crippen LogP contribution in [0.4, 0.5) is 5.69 Å². The minimum atomic E-state index is -3.65. The Morgan fingerprint density at radius 3 is 2.66 bits per heavy atom. The molecule has 0 bridgehead atoms. The number of benzene rings is 2. The van der Waals surface area contributed by atoms with E-state index in [1.807, 2.05) is 0 Å². The van der Waals surface area contributed by atoms with Crippen LogP contribution in [-0.4, -0.2) is 48.9 Å². The second kappa shape index (κ2) is 12.0. The number of fused-ring (bicyclic) bond motifs is 1. The van der Waals surface area contributed by atoms with Crippen molar-refractivity contribution in [1.29, 1.82) is 0 Å². The van der Waals surface area contributed by atoms with Gasteiger partial charge in [-0.2, -0.15) is 0 Å². The molecule has 3 aromatic rings. The average molecular weight is 529 g/mol. The molecule has 1 unspecified atom stereocenters. The summed E-state index contributed by atoms with van der Waals surface area (Å²) in [6.07, 6.45) is 0.994. The van der Waals surface area contributed by atoms with Gasteiger partial charge in [0.05, 0.1) is 16.9 Å². The number of carboxylic acid groups (broad SMARTS) is 1. The Hall–Kier alpha value is -3.98. The van der Waals surface area contributed by atoms with Crippen LogP contribution in [0, 0.1) is 6.92 Å². The van der Waals surface area contributed by atoms with Crippen LogP contribution in [-0.2, 0) is 32.4 Å². The number of rotatable bonds is 8. The fourth-order valence-corrected chi connectivity index (χ4v) is 4.63. The third-order valence-corrected chi connectivity index (χ3v) is 6.95. The Bertz CT molecular complexity index is 1570. The first-order chi connectivity index (χ1) is 17.7. The van der Waals surface area contributed by atoms with Gasteiger partial charge in [0.1, 0.15) is 23.0 Å². The maximum absolute atomic E-state index is 13.2. The van der Waals surface area contributed by atoms with Gasteiger partial charge in [0, 0.05) is 12.6 Å². The summed E-state index contributed by atoms with van der Waals surface area (Å²) in [7, 11) is -3.65. The monoisotopic (exact) mass is 529 g/mol. The van der Waals surface area contributed by atoms with Crippen molar-refractivity contribution >= 4 is 38.4 Å². The Morgan fingerprint density at radius 1 is 1.18 bits per heavy atom. The summed E-state index contributed by atoms with van der Waals surface area (Å²) in [4.78, 5) is 54.7. The van der Waals surface area contributed by atoms with Crippen molar-refractivity contribution in [3.05, 3.63) is 82.1 Å².